The number of ether oxygens (including phenoxy) is 1. The molecule has 0 bridgehead atoms. The van der Waals surface area contributed by atoms with E-state index in [1.165, 1.54) is 0 Å². The second-order valence-electron chi connectivity index (χ2n) is 11.5. The molecule has 0 aliphatic carbocycles. The predicted molar refractivity (Wildman–Crippen MR) is 170 cm³/mol. The van der Waals surface area contributed by atoms with Crippen LogP contribution in [0.4, 0.5) is 10.6 Å². The van der Waals surface area contributed by atoms with Gasteiger partial charge in [0.1, 0.15) is 18.6 Å². The first kappa shape index (κ1) is 32.6. The first-order chi connectivity index (χ1) is 21.6. The number of aromatic amines is 1. The highest BCUT2D eigenvalue weighted by Crippen LogP contribution is 2.34. The summed E-state index contributed by atoms with van der Waals surface area (Å²) in [6.07, 6.45) is -1.66. The van der Waals surface area contributed by atoms with Gasteiger partial charge in [0.05, 0.1) is 17.6 Å². The number of nitrogens with zero attached hydrogens (tertiary/aromatic N) is 3. The first-order valence-corrected chi connectivity index (χ1v) is 16.8. The molecule has 0 saturated carbocycles. The standard InChI is InChI=1S/C32H40N5O7P/c33-31-25-17-24(13-14-26(25)34-35-31)20-37-28(19-23-11-5-2-6-12-23)30(39)29(38)27(18-22-9-3-1-4-10-22)36(32(37)40)15-7-8-16-44-21-45(41,42)43/h1-6,9-14,17,27-30,38-39H,7-8,15-16,18-21H2,(H3,33,34,35)(H2,41,42,43)/t27-,28-,29+,30+/m1/s1. The van der Waals surface area contributed by atoms with Crippen LogP contribution in [0.5, 0.6) is 0 Å². The number of carbonyl (C=O) groups is 1. The third-order valence-corrected chi connectivity index (χ3v) is 8.73. The fourth-order valence-corrected chi connectivity index (χ4v) is 6.31. The summed E-state index contributed by atoms with van der Waals surface area (Å²) in [5.74, 6) is 0.343. The number of anilines is 1. The van der Waals surface area contributed by atoms with E-state index in [1.807, 2.05) is 78.9 Å². The molecule has 1 aliphatic rings. The van der Waals surface area contributed by atoms with Gasteiger partial charge in [0, 0.05) is 25.1 Å². The molecule has 2 amide bonds. The van der Waals surface area contributed by atoms with Gasteiger partial charge in [0.2, 0.25) is 0 Å². The zero-order valence-corrected chi connectivity index (χ0v) is 25.7. The van der Waals surface area contributed by atoms with Gasteiger partial charge in [-0.15, -0.1) is 0 Å². The number of benzene rings is 3. The van der Waals surface area contributed by atoms with E-state index in [-0.39, 0.29) is 25.7 Å². The number of rotatable bonds is 13. The van der Waals surface area contributed by atoms with Gasteiger partial charge >= 0.3 is 13.6 Å². The molecule has 0 unspecified atom stereocenters. The Bertz CT molecular complexity index is 1600. The number of fused-ring (bicyclic) bond motifs is 1. The van der Waals surface area contributed by atoms with Crippen molar-refractivity contribution in [1.82, 2.24) is 20.0 Å². The maximum atomic E-state index is 14.6. The number of unbranched alkanes of at least 4 members (excludes halogenated alkanes) is 1. The van der Waals surface area contributed by atoms with Gasteiger partial charge in [-0.2, -0.15) is 5.10 Å². The molecule has 45 heavy (non-hydrogen) atoms. The molecular formula is C32H40N5O7P. The number of hydrogen-bond donors (Lipinski definition) is 6. The number of H-pyrrole nitrogens is 1. The Labute approximate surface area is 261 Å². The molecule has 0 radical (unpaired) electrons. The van der Waals surface area contributed by atoms with Crippen LogP contribution in [0.2, 0.25) is 0 Å². The quantitative estimate of drug-likeness (QED) is 0.0946. The molecule has 12 nitrogen and oxygen atoms in total. The molecule has 13 heteroatoms. The highest BCUT2D eigenvalue weighted by atomic mass is 31.2. The van der Waals surface area contributed by atoms with Crippen molar-refractivity contribution in [2.24, 2.45) is 0 Å². The van der Waals surface area contributed by atoms with E-state index < -0.39 is 38.2 Å². The lowest BCUT2D eigenvalue weighted by molar-refractivity contribution is -0.0403. The summed E-state index contributed by atoms with van der Waals surface area (Å²) in [6, 6.07) is 22.9. The van der Waals surface area contributed by atoms with Gasteiger partial charge in [0.25, 0.3) is 0 Å². The molecule has 0 spiro atoms. The largest absolute Gasteiger partial charge is 0.388 e. The second-order valence-corrected chi connectivity index (χ2v) is 13.1. The smallest absolute Gasteiger partial charge is 0.350 e. The lowest BCUT2D eigenvalue weighted by Crippen LogP contribution is -2.51. The van der Waals surface area contributed by atoms with Gasteiger partial charge < -0.3 is 40.3 Å². The van der Waals surface area contributed by atoms with Crippen molar-refractivity contribution >= 4 is 30.3 Å². The summed E-state index contributed by atoms with van der Waals surface area (Å²) in [7, 11) is -4.28. The van der Waals surface area contributed by atoms with Crippen molar-refractivity contribution < 1.29 is 34.1 Å². The molecule has 7 N–H and O–H groups in total. The molecule has 4 atom stereocenters. The van der Waals surface area contributed by atoms with Crippen LogP contribution in [0, 0.1) is 0 Å². The Morgan fingerprint density at radius 3 is 2.04 bits per heavy atom. The molecule has 2 heterocycles. The number of hydrogen-bond acceptors (Lipinski definition) is 7. The Morgan fingerprint density at radius 2 is 1.44 bits per heavy atom. The number of aliphatic hydroxyl groups is 2. The number of aliphatic hydroxyl groups excluding tert-OH is 2. The van der Waals surface area contributed by atoms with Gasteiger partial charge in [-0.1, -0.05) is 66.7 Å². The van der Waals surface area contributed by atoms with Crippen molar-refractivity contribution in [3.63, 3.8) is 0 Å². The number of nitrogen functional groups attached to an aromatic ring is 1. The van der Waals surface area contributed by atoms with E-state index in [1.54, 1.807) is 9.80 Å². The monoisotopic (exact) mass is 637 g/mol. The fraction of sp³-hybridized carbons (Fsp3) is 0.375. The van der Waals surface area contributed by atoms with E-state index >= 15 is 0 Å². The molecule has 1 saturated heterocycles. The van der Waals surface area contributed by atoms with Crippen LogP contribution in [0.25, 0.3) is 10.9 Å². The van der Waals surface area contributed by atoms with Crippen LogP contribution in [-0.2, 0) is 28.7 Å². The maximum absolute atomic E-state index is 14.6. The molecule has 240 valence electrons. The maximum Gasteiger partial charge on any atom is 0.350 e. The van der Waals surface area contributed by atoms with Crippen LogP contribution < -0.4 is 5.73 Å². The second kappa shape index (κ2) is 14.6. The van der Waals surface area contributed by atoms with Gasteiger partial charge in [-0.25, -0.2) is 4.79 Å². The highest BCUT2D eigenvalue weighted by molar-refractivity contribution is 7.51. The van der Waals surface area contributed by atoms with Gasteiger partial charge in [-0.3, -0.25) is 9.66 Å². The number of amides is 2. The van der Waals surface area contributed by atoms with E-state index in [0.29, 0.717) is 31.5 Å². The first-order valence-electron chi connectivity index (χ1n) is 15.0. The Balaban J connectivity index is 1.48. The minimum absolute atomic E-state index is 0.105. The third-order valence-electron chi connectivity index (χ3n) is 8.21. The lowest BCUT2D eigenvalue weighted by Gasteiger charge is -2.36. The zero-order chi connectivity index (χ0) is 32.0. The Hall–Kier alpha value is -3.77. The topological polar surface area (TPSA) is 185 Å². The van der Waals surface area contributed by atoms with E-state index in [9.17, 15) is 19.6 Å². The van der Waals surface area contributed by atoms with Crippen molar-refractivity contribution in [3.05, 3.63) is 95.6 Å². The minimum atomic E-state index is -4.28. The fourth-order valence-electron chi connectivity index (χ4n) is 5.94. The van der Waals surface area contributed by atoms with Crippen molar-refractivity contribution in [3.8, 4) is 0 Å². The average Bonchev–Trinajstić information content (AvgIpc) is 3.38. The van der Waals surface area contributed by atoms with Crippen molar-refractivity contribution in [2.45, 2.75) is 56.5 Å². The van der Waals surface area contributed by atoms with E-state index in [4.69, 9.17) is 20.3 Å². The van der Waals surface area contributed by atoms with Gasteiger partial charge in [0.15, 0.2) is 5.82 Å². The number of urea groups is 1. The van der Waals surface area contributed by atoms with Crippen LogP contribution in [0.15, 0.2) is 78.9 Å². The SMILES string of the molecule is Nc1n[nH]c2ccc(CN3C(=O)N(CCCCOCP(=O)(O)O)[C@H](Cc4ccccc4)[C@H](O)[C@@H](O)[C@H]3Cc3ccccc3)cc12. The predicted octanol–water partition coefficient (Wildman–Crippen LogP) is 3.26. The molecule has 5 rings (SSSR count). The van der Waals surface area contributed by atoms with Crippen molar-refractivity contribution in [1.29, 1.82) is 0 Å². The van der Waals surface area contributed by atoms with E-state index in [2.05, 4.69) is 10.2 Å². The summed E-state index contributed by atoms with van der Waals surface area (Å²) in [5.41, 5.74) is 9.44. The van der Waals surface area contributed by atoms with Crippen LogP contribution in [0.1, 0.15) is 29.5 Å². The Kier molecular flexibility index (Phi) is 10.5. The number of nitrogens with one attached hydrogen (secondary N) is 1. The summed E-state index contributed by atoms with van der Waals surface area (Å²) >= 11 is 0. The van der Waals surface area contributed by atoms with Crippen LogP contribution in [-0.4, -0.2) is 89.8 Å². The summed E-state index contributed by atoms with van der Waals surface area (Å²) in [5, 5.41) is 31.3. The minimum Gasteiger partial charge on any atom is -0.388 e. The molecule has 3 aromatic carbocycles. The molecule has 1 aromatic heterocycles. The summed E-state index contributed by atoms with van der Waals surface area (Å²) < 4.78 is 16.3. The van der Waals surface area contributed by atoms with Crippen molar-refractivity contribution in [2.75, 3.05) is 25.2 Å². The van der Waals surface area contributed by atoms with Crippen LogP contribution >= 0.6 is 7.60 Å². The van der Waals surface area contributed by atoms with Crippen LogP contribution in [0.3, 0.4) is 0 Å². The Morgan fingerprint density at radius 1 is 0.844 bits per heavy atom. The molecular weight excluding hydrogens is 597 g/mol. The zero-order valence-electron chi connectivity index (χ0n) is 24.9. The highest BCUT2D eigenvalue weighted by Gasteiger charge is 2.46. The molecule has 4 aromatic rings. The normalized spacial score (nSPS) is 20.9. The van der Waals surface area contributed by atoms with Gasteiger partial charge in [-0.05, 0) is 54.5 Å². The summed E-state index contributed by atoms with van der Waals surface area (Å²) in [6.45, 7) is 0.496. The summed E-state index contributed by atoms with van der Waals surface area (Å²) in [4.78, 5) is 36.0. The lowest BCUT2D eigenvalue weighted by atomic mass is 9.91. The average molecular weight is 638 g/mol. The number of aromatic nitrogens is 2. The third kappa shape index (κ3) is 8.29. The number of carbonyl (C=O) groups excluding carboxylic acids is 1. The molecule has 1 aliphatic heterocycles. The number of nitrogens with two attached hydrogens (primary N) is 1. The van der Waals surface area contributed by atoms with E-state index in [0.717, 1.165) is 27.6 Å². The molecule has 1 fully saturated rings.